The van der Waals surface area contributed by atoms with E-state index in [-0.39, 0.29) is 11.8 Å². The topological polar surface area (TPSA) is 75.4 Å². The van der Waals surface area contributed by atoms with Crippen molar-refractivity contribution in [3.63, 3.8) is 0 Å². The molecule has 0 aliphatic heterocycles. The van der Waals surface area contributed by atoms with Gasteiger partial charge in [-0.1, -0.05) is 13.8 Å². The maximum atomic E-state index is 11.4. The lowest BCUT2D eigenvalue weighted by Gasteiger charge is -2.17. The molecule has 0 saturated heterocycles. The summed E-state index contributed by atoms with van der Waals surface area (Å²) in [4.78, 5) is 11.4. The molecule has 4 N–H and O–H groups in total. The van der Waals surface area contributed by atoms with E-state index in [1.165, 1.54) is 0 Å². The van der Waals surface area contributed by atoms with Gasteiger partial charge in [-0.2, -0.15) is 0 Å². The molecule has 2 atom stereocenters. The average Bonchev–Trinajstić information content (AvgIpc) is 2.95. The summed E-state index contributed by atoms with van der Waals surface area (Å²) in [6.45, 7) is 4.15. The summed E-state index contributed by atoms with van der Waals surface area (Å²) in [5, 5.41) is 12.2. The number of aliphatic hydroxyl groups excluding tert-OH is 1. The van der Waals surface area contributed by atoms with Crippen molar-refractivity contribution in [2.75, 3.05) is 6.54 Å². The molecule has 1 amide bonds. The fourth-order valence-corrected chi connectivity index (χ4v) is 1.27. The minimum Gasteiger partial charge on any atom is -0.391 e. The van der Waals surface area contributed by atoms with Gasteiger partial charge < -0.3 is 16.2 Å². The molecule has 1 rings (SSSR count). The maximum absolute atomic E-state index is 11.4. The van der Waals surface area contributed by atoms with Gasteiger partial charge in [-0.15, -0.1) is 0 Å². The van der Waals surface area contributed by atoms with Gasteiger partial charge in [-0.25, -0.2) is 0 Å². The first-order valence-electron chi connectivity index (χ1n) is 5.23. The predicted molar refractivity (Wildman–Crippen MR) is 54.6 cm³/mol. The highest BCUT2D eigenvalue weighted by Crippen LogP contribution is 2.32. The Morgan fingerprint density at radius 3 is 2.57 bits per heavy atom. The van der Waals surface area contributed by atoms with Gasteiger partial charge in [0, 0.05) is 6.54 Å². The summed E-state index contributed by atoms with van der Waals surface area (Å²) in [7, 11) is 0. The summed E-state index contributed by atoms with van der Waals surface area (Å²) in [6.07, 6.45) is 1.76. The quantitative estimate of drug-likeness (QED) is 0.578. The Kier molecular flexibility index (Phi) is 3.89. The molecule has 0 spiro atoms. The van der Waals surface area contributed by atoms with E-state index in [9.17, 15) is 9.90 Å². The van der Waals surface area contributed by atoms with E-state index in [1.807, 2.05) is 13.8 Å². The molecule has 82 valence electrons. The highest BCUT2D eigenvalue weighted by Gasteiger charge is 2.30. The van der Waals surface area contributed by atoms with Gasteiger partial charge in [0.1, 0.15) is 0 Å². The monoisotopic (exact) mass is 200 g/mol. The smallest absolute Gasteiger partial charge is 0.237 e. The van der Waals surface area contributed by atoms with E-state index >= 15 is 0 Å². The third-order valence-corrected chi connectivity index (χ3v) is 2.67. The third-order valence-electron chi connectivity index (χ3n) is 2.67. The molecule has 0 aromatic heterocycles. The molecule has 14 heavy (non-hydrogen) atoms. The van der Waals surface area contributed by atoms with Crippen LogP contribution in [0.5, 0.6) is 0 Å². The van der Waals surface area contributed by atoms with Crippen LogP contribution in [0.1, 0.15) is 26.7 Å². The minimum atomic E-state index is -0.471. The number of hydrogen-bond acceptors (Lipinski definition) is 3. The number of nitrogens with one attached hydrogen (secondary N) is 1. The molecule has 0 heterocycles. The van der Waals surface area contributed by atoms with E-state index in [0.29, 0.717) is 12.5 Å². The van der Waals surface area contributed by atoms with E-state index in [1.54, 1.807) is 0 Å². The highest BCUT2D eigenvalue weighted by atomic mass is 16.3. The van der Waals surface area contributed by atoms with E-state index in [0.717, 1.165) is 12.8 Å². The van der Waals surface area contributed by atoms with Crippen LogP contribution >= 0.6 is 0 Å². The Morgan fingerprint density at radius 1 is 1.57 bits per heavy atom. The normalized spacial score (nSPS) is 20.6. The van der Waals surface area contributed by atoms with Gasteiger partial charge >= 0.3 is 0 Å². The number of carbonyl (C=O) groups is 1. The second kappa shape index (κ2) is 4.75. The molecule has 0 bridgehead atoms. The lowest BCUT2D eigenvalue weighted by molar-refractivity contribution is -0.123. The van der Waals surface area contributed by atoms with Crippen LogP contribution in [0.4, 0.5) is 0 Å². The summed E-state index contributed by atoms with van der Waals surface area (Å²) in [6, 6.07) is -0.471. The molecule has 1 aliphatic rings. The van der Waals surface area contributed by atoms with Crippen LogP contribution in [-0.2, 0) is 4.79 Å². The van der Waals surface area contributed by atoms with Crippen LogP contribution in [0, 0.1) is 11.8 Å². The summed E-state index contributed by atoms with van der Waals surface area (Å²) >= 11 is 0. The van der Waals surface area contributed by atoms with Crippen molar-refractivity contribution in [1.82, 2.24) is 5.32 Å². The Morgan fingerprint density at radius 2 is 2.14 bits per heavy atom. The molecule has 1 unspecified atom stereocenters. The van der Waals surface area contributed by atoms with Crippen molar-refractivity contribution in [3.05, 3.63) is 0 Å². The zero-order chi connectivity index (χ0) is 10.7. The SMILES string of the molecule is CC(C)[C@H](N)C(=O)NCC(O)C1CC1. The fourth-order valence-electron chi connectivity index (χ4n) is 1.27. The number of amides is 1. The van der Waals surface area contributed by atoms with Crippen molar-refractivity contribution in [3.8, 4) is 0 Å². The Hall–Kier alpha value is -0.610. The first-order chi connectivity index (χ1) is 6.52. The number of carbonyl (C=O) groups excluding carboxylic acids is 1. The number of hydrogen-bond donors (Lipinski definition) is 3. The zero-order valence-electron chi connectivity index (χ0n) is 8.86. The largest absolute Gasteiger partial charge is 0.391 e. The van der Waals surface area contributed by atoms with Crippen LogP contribution in [0.15, 0.2) is 0 Å². The van der Waals surface area contributed by atoms with Gasteiger partial charge in [0.2, 0.25) is 5.91 Å². The molecular formula is C10H20N2O2. The maximum Gasteiger partial charge on any atom is 0.237 e. The predicted octanol–water partition coefficient (Wildman–Crippen LogP) is -0.143. The minimum absolute atomic E-state index is 0.132. The van der Waals surface area contributed by atoms with Gasteiger partial charge in [0.25, 0.3) is 0 Å². The van der Waals surface area contributed by atoms with Crippen molar-refractivity contribution < 1.29 is 9.90 Å². The number of nitrogens with two attached hydrogens (primary N) is 1. The Labute approximate surface area is 84.9 Å². The van der Waals surface area contributed by atoms with Gasteiger partial charge in [-0.05, 0) is 24.7 Å². The molecule has 0 radical (unpaired) electrons. The standard InChI is InChI=1S/C10H20N2O2/c1-6(2)9(11)10(14)12-5-8(13)7-3-4-7/h6-9,13H,3-5,11H2,1-2H3,(H,12,14)/t8?,9-/m0/s1. The fraction of sp³-hybridized carbons (Fsp3) is 0.900. The van der Waals surface area contributed by atoms with Crippen LogP contribution in [-0.4, -0.2) is 29.7 Å². The van der Waals surface area contributed by atoms with Crippen molar-refractivity contribution in [1.29, 1.82) is 0 Å². The van der Waals surface area contributed by atoms with E-state index < -0.39 is 12.1 Å². The third kappa shape index (κ3) is 3.27. The molecular weight excluding hydrogens is 180 g/mol. The van der Waals surface area contributed by atoms with Crippen molar-refractivity contribution in [2.24, 2.45) is 17.6 Å². The molecule has 4 heteroatoms. The van der Waals surface area contributed by atoms with Crippen LogP contribution in [0.2, 0.25) is 0 Å². The zero-order valence-corrected chi connectivity index (χ0v) is 8.86. The first kappa shape index (κ1) is 11.5. The number of aliphatic hydroxyl groups is 1. The lowest BCUT2D eigenvalue weighted by atomic mass is 10.0. The summed E-state index contributed by atoms with van der Waals surface area (Å²) in [5.74, 6) is 0.360. The Bertz CT molecular complexity index is 202. The molecule has 4 nitrogen and oxygen atoms in total. The summed E-state index contributed by atoms with van der Waals surface area (Å²) in [5.41, 5.74) is 5.64. The molecule has 1 aliphatic carbocycles. The average molecular weight is 200 g/mol. The number of rotatable bonds is 5. The molecule has 1 fully saturated rings. The Balaban J connectivity index is 2.19. The van der Waals surface area contributed by atoms with Crippen LogP contribution in [0.3, 0.4) is 0 Å². The molecule has 0 aromatic carbocycles. The second-order valence-corrected chi connectivity index (χ2v) is 4.42. The van der Waals surface area contributed by atoms with E-state index in [2.05, 4.69) is 5.32 Å². The van der Waals surface area contributed by atoms with Crippen molar-refractivity contribution >= 4 is 5.91 Å². The van der Waals surface area contributed by atoms with Gasteiger partial charge in [-0.3, -0.25) is 4.79 Å². The van der Waals surface area contributed by atoms with Crippen LogP contribution < -0.4 is 11.1 Å². The lowest BCUT2D eigenvalue weighted by Crippen LogP contribution is -2.46. The highest BCUT2D eigenvalue weighted by molar-refractivity contribution is 5.81. The first-order valence-corrected chi connectivity index (χ1v) is 5.23. The summed E-state index contributed by atoms with van der Waals surface area (Å²) < 4.78 is 0. The molecule has 1 saturated carbocycles. The van der Waals surface area contributed by atoms with Crippen LogP contribution in [0.25, 0.3) is 0 Å². The van der Waals surface area contributed by atoms with E-state index in [4.69, 9.17) is 5.73 Å². The van der Waals surface area contributed by atoms with Gasteiger partial charge in [0.05, 0.1) is 12.1 Å². The second-order valence-electron chi connectivity index (χ2n) is 4.42. The van der Waals surface area contributed by atoms with Crippen molar-refractivity contribution in [2.45, 2.75) is 38.8 Å². The van der Waals surface area contributed by atoms with Gasteiger partial charge in [0.15, 0.2) is 0 Å². The molecule has 0 aromatic rings.